The summed E-state index contributed by atoms with van der Waals surface area (Å²) in [6, 6.07) is 18.9. The summed E-state index contributed by atoms with van der Waals surface area (Å²) in [6.07, 6.45) is 4.57. The van der Waals surface area contributed by atoms with Crippen LogP contribution in [0.1, 0.15) is 29.9 Å². The number of urea groups is 1. The second-order valence-electron chi connectivity index (χ2n) is 7.93. The molecule has 1 saturated carbocycles. The molecule has 2 heterocycles. The maximum atomic E-state index is 12.7. The second-order valence-corrected chi connectivity index (χ2v) is 7.93. The molecule has 3 unspecified atom stereocenters. The number of benzene rings is 2. The van der Waals surface area contributed by atoms with E-state index in [1.54, 1.807) is 0 Å². The van der Waals surface area contributed by atoms with Gasteiger partial charge in [-0.1, -0.05) is 48.5 Å². The molecule has 27 heavy (non-hydrogen) atoms. The van der Waals surface area contributed by atoms with E-state index in [0.717, 1.165) is 30.4 Å². The zero-order valence-electron chi connectivity index (χ0n) is 15.4. The number of H-pyrrole nitrogens is 1. The van der Waals surface area contributed by atoms with Crippen LogP contribution >= 0.6 is 0 Å². The van der Waals surface area contributed by atoms with Crippen molar-refractivity contribution in [3.63, 3.8) is 0 Å². The van der Waals surface area contributed by atoms with Crippen molar-refractivity contribution in [1.82, 2.24) is 15.2 Å². The Labute approximate surface area is 159 Å². The molecule has 2 aliphatic rings. The van der Waals surface area contributed by atoms with Gasteiger partial charge in [-0.05, 0) is 41.9 Å². The Bertz CT molecular complexity index is 948. The van der Waals surface area contributed by atoms with E-state index < -0.39 is 0 Å². The van der Waals surface area contributed by atoms with E-state index in [-0.39, 0.29) is 11.9 Å². The predicted octanol–water partition coefficient (Wildman–Crippen LogP) is 4.35. The van der Waals surface area contributed by atoms with Crippen molar-refractivity contribution in [3.05, 3.63) is 71.9 Å². The number of piperidine rings is 1. The minimum Gasteiger partial charge on any atom is -0.361 e. The minimum absolute atomic E-state index is 0.0844. The molecule has 2 N–H and O–H groups in total. The van der Waals surface area contributed by atoms with Gasteiger partial charge in [0.15, 0.2) is 0 Å². The number of aromatic nitrogens is 1. The summed E-state index contributed by atoms with van der Waals surface area (Å²) in [5.74, 6) is 1.77. The molecule has 138 valence electrons. The number of fused-ring (bicyclic) bond motifs is 2. The van der Waals surface area contributed by atoms with Crippen molar-refractivity contribution >= 4 is 16.9 Å². The molecular weight excluding hydrogens is 334 g/mol. The van der Waals surface area contributed by atoms with Gasteiger partial charge in [0, 0.05) is 42.7 Å². The summed E-state index contributed by atoms with van der Waals surface area (Å²) < 4.78 is 0. The average Bonchev–Trinajstić information content (AvgIpc) is 3.39. The maximum Gasteiger partial charge on any atom is 0.317 e. The van der Waals surface area contributed by atoms with Gasteiger partial charge in [0.25, 0.3) is 0 Å². The van der Waals surface area contributed by atoms with E-state index in [0.29, 0.717) is 6.54 Å². The Morgan fingerprint density at radius 3 is 2.78 bits per heavy atom. The Morgan fingerprint density at radius 2 is 1.93 bits per heavy atom. The van der Waals surface area contributed by atoms with Crippen LogP contribution in [0.25, 0.3) is 10.9 Å². The summed E-state index contributed by atoms with van der Waals surface area (Å²) in [5.41, 5.74) is 3.59. The number of carbonyl (C=O) groups is 1. The topological polar surface area (TPSA) is 48.1 Å². The fourth-order valence-corrected chi connectivity index (χ4v) is 4.54. The molecule has 2 fully saturated rings. The van der Waals surface area contributed by atoms with Crippen molar-refractivity contribution in [1.29, 1.82) is 0 Å². The molecule has 2 aromatic carbocycles. The van der Waals surface area contributed by atoms with Crippen LogP contribution in [-0.4, -0.2) is 35.5 Å². The average molecular weight is 359 g/mol. The predicted molar refractivity (Wildman–Crippen MR) is 108 cm³/mol. The molecule has 3 aromatic rings. The molecule has 0 spiro atoms. The Balaban J connectivity index is 1.38. The van der Waals surface area contributed by atoms with Gasteiger partial charge in [0.1, 0.15) is 0 Å². The van der Waals surface area contributed by atoms with E-state index in [1.165, 1.54) is 29.4 Å². The van der Waals surface area contributed by atoms with Crippen molar-refractivity contribution in [2.75, 3.05) is 19.6 Å². The van der Waals surface area contributed by atoms with E-state index in [2.05, 4.69) is 59.0 Å². The van der Waals surface area contributed by atoms with Crippen molar-refractivity contribution in [3.8, 4) is 0 Å². The van der Waals surface area contributed by atoms with Gasteiger partial charge in [-0.2, -0.15) is 0 Å². The first kappa shape index (κ1) is 16.4. The SMILES string of the molecule is O=C(NCC(c1ccccc1)c1c[nH]c2ccccc12)N1CCC2CC2C1. The standard InChI is InChI=1S/C23H25N3O/c27-23(26-11-10-17-12-18(17)15-26)25-13-20(16-6-2-1-3-7-16)21-14-24-22-9-5-4-8-19(21)22/h1-9,14,17-18,20,24H,10-13,15H2,(H,25,27). The molecule has 4 nitrogen and oxygen atoms in total. The number of carbonyl (C=O) groups excluding carboxylic acids is 1. The van der Waals surface area contributed by atoms with Gasteiger partial charge >= 0.3 is 6.03 Å². The Hall–Kier alpha value is -2.75. The zero-order valence-corrected chi connectivity index (χ0v) is 15.4. The fourth-order valence-electron chi connectivity index (χ4n) is 4.54. The number of aromatic amines is 1. The van der Waals surface area contributed by atoms with Gasteiger partial charge in [-0.25, -0.2) is 4.79 Å². The van der Waals surface area contributed by atoms with Crippen LogP contribution < -0.4 is 5.32 Å². The lowest BCUT2D eigenvalue weighted by molar-refractivity contribution is 0.183. The van der Waals surface area contributed by atoms with Crippen LogP contribution in [0.3, 0.4) is 0 Å². The molecule has 1 aliphatic carbocycles. The Morgan fingerprint density at radius 1 is 1.11 bits per heavy atom. The number of amides is 2. The normalized spacial score (nSPS) is 22.3. The van der Waals surface area contributed by atoms with Gasteiger partial charge in [-0.15, -0.1) is 0 Å². The molecule has 2 amide bonds. The third-order valence-electron chi connectivity index (χ3n) is 6.24. The lowest BCUT2D eigenvalue weighted by Crippen LogP contribution is -2.44. The molecule has 5 rings (SSSR count). The lowest BCUT2D eigenvalue weighted by Gasteiger charge is -2.28. The van der Waals surface area contributed by atoms with E-state index >= 15 is 0 Å². The van der Waals surface area contributed by atoms with Gasteiger partial charge in [-0.3, -0.25) is 0 Å². The first-order chi connectivity index (χ1) is 13.3. The molecular formula is C23H25N3O. The van der Waals surface area contributed by atoms with E-state index in [4.69, 9.17) is 0 Å². The smallest absolute Gasteiger partial charge is 0.317 e. The van der Waals surface area contributed by atoms with Crippen LogP contribution in [0.4, 0.5) is 4.79 Å². The molecule has 0 radical (unpaired) electrons. The number of rotatable bonds is 4. The molecule has 1 aromatic heterocycles. The van der Waals surface area contributed by atoms with Crippen LogP contribution in [0.15, 0.2) is 60.8 Å². The van der Waals surface area contributed by atoms with Gasteiger partial charge in [0.2, 0.25) is 0 Å². The third-order valence-corrected chi connectivity index (χ3v) is 6.24. The summed E-state index contributed by atoms with van der Waals surface area (Å²) >= 11 is 0. The minimum atomic E-state index is 0.0844. The highest BCUT2D eigenvalue weighted by atomic mass is 16.2. The van der Waals surface area contributed by atoms with Gasteiger partial charge in [0.05, 0.1) is 0 Å². The molecule has 3 atom stereocenters. The number of hydrogen-bond donors (Lipinski definition) is 2. The second kappa shape index (κ2) is 6.76. The first-order valence-corrected chi connectivity index (χ1v) is 9.93. The number of para-hydroxylation sites is 1. The summed E-state index contributed by atoms with van der Waals surface area (Å²) in [5, 5.41) is 4.44. The highest BCUT2D eigenvalue weighted by Gasteiger charge is 2.42. The lowest BCUT2D eigenvalue weighted by atomic mass is 9.91. The summed E-state index contributed by atoms with van der Waals surface area (Å²) in [6.45, 7) is 2.44. The van der Waals surface area contributed by atoms with Crippen LogP contribution in [-0.2, 0) is 0 Å². The quantitative estimate of drug-likeness (QED) is 0.715. The Kier molecular flexibility index (Phi) is 4.12. The number of nitrogens with zero attached hydrogens (tertiary/aromatic N) is 1. The van der Waals surface area contributed by atoms with Crippen molar-refractivity contribution in [2.45, 2.75) is 18.8 Å². The summed E-state index contributed by atoms with van der Waals surface area (Å²) in [4.78, 5) is 18.1. The van der Waals surface area contributed by atoms with Crippen LogP contribution in [0.5, 0.6) is 0 Å². The van der Waals surface area contributed by atoms with Crippen molar-refractivity contribution < 1.29 is 4.79 Å². The highest BCUT2D eigenvalue weighted by molar-refractivity contribution is 5.84. The number of hydrogen-bond acceptors (Lipinski definition) is 1. The molecule has 1 aliphatic heterocycles. The highest BCUT2D eigenvalue weighted by Crippen LogP contribution is 2.44. The fraction of sp³-hybridized carbons (Fsp3) is 0.348. The molecule has 4 heteroatoms. The van der Waals surface area contributed by atoms with Crippen LogP contribution in [0, 0.1) is 11.8 Å². The number of likely N-dealkylation sites (tertiary alicyclic amines) is 1. The number of nitrogens with one attached hydrogen (secondary N) is 2. The monoisotopic (exact) mass is 359 g/mol. The maximum absolute atomic E-state index is 12.7. The van der Waals surface area contributed by atoms with Gasteiger partial charge < -0.3 is 15.2 Å². The largest absolute Gasteiger partial charge is 0.361 e. The van der Waals surface area contributed by atoms with E-state index in [9.17, 15) is 4.79 Å². The molecule has 1 saturated heterocycles. The zero-order chi connectivity index (χ0) is 18.2. The first-order valence-electron chi connectivity index (χ1n) is 9.93. The molecule has 0 bridgehead atoms. The summed E-state index contributed by atoms with van der Waals surface area (Å²) in [7, 11) is 0. The van der Waals surface area contributed by atoms with Crippen molar-refractivity contribution in [2.24, 2.45) is 11.8 Å². The van der Waals surface area contributed by atoms with E-state index in [1.807, 2.05) is 17.0 Å². The van der Waals surface area contributed by atoms with Crippen LogP contribution in [0.2, 0.25) is 0 Å². The third kappa shape index (κ3) is 3.20.